The third-order valence-electron chi connectivity index (χ3n) is 6.54. The Morgan fingerprint density at radius 2 is 2.07 bits per heavy atom. The Morgan fingerprint density at radius 3 is 2.74 bits per heavy atom. The van der Waals surface area contributed by atoms with Crippen molar-refractivity contribution in [1.82, 2.24) is 4.90 Å². The lowest BCUT2D eigenvalue weighted by molar-refractivity contribution is 0.107. The van der Waals surface area contributed by atoms with Crippen LogP contribution in [-0.2, 0) is 10.2 Å². The molecular weight excluding hydrogens is 360 g/mol. The molecule has 1 saturated carbocycles. The second-order valence-electron chi connectivity index (χ2n) is 8.01. The number of rotatable bonds is 4. The van der Waals surface area contributed by atoms with Gasteiger partial charge in [-0.15, -0.1) is 0 Å². The van der Waals surface area contributed by atoms with Gasteiger partial charge in [-0.05, 0) is 49.8 Å². The van der Waals surface area contributed by atoms with Crippen molar-refractivity contribution in [2.75, 3.05) is 13.1 Å². The Bertz CT molecular complexity index is 752. The fraction of sp³-hybridized carbons (Fsp3) is 0.500. The van der Waals surface area contributed by atoms with E-state index in [0.717, 1.165) is 37.1 Å². The van der Waals surface area contributed by atoms with Crippen LogP contribution in [0.5, 0.6) is 0 Å². The van der Waals surface area contributed by atoms with Crippen LogP contribution in [0, 0.1) is 5.92 Å². The maximum absolute atomic E-state index is 12.5. The summed E-state index contributed by atoms with van der Waals surface area (Å²) in [6.45, 7) is 1.30. The highest BCUT2D eigenvalue weighted by molar-refractivity contribution is 6.30. The molecule has 4 nitrogen and oxygen atoms in total. The molecule has 2 N–H and O–H groups in total. The molecule has 1 saturated heterocycles. The average Bonchev–Trinajstić information content (AvgIpc) is 3.10. The molecule has 3 aliphatic rings. The van der Waals surface area contributed by atoms with E-state index in [4.69, 9.17) is 22.1 Å². The lowest BCUT2D eigenvalue weighted by atomic mass is 9.68. The van der Waals surface area contributed by atoms with Crippen LogP contribution >= 0.6 is 11.6 Å². The predicted molar refractivity (Wildman–Crippen MR) is 108 cm³/mol. The van der Waals surface area contributed by atoms with Crippen molar-refractivity contribution in [2.24, 2.45) is 11.7 Å². The molecule has 2 aliphatic carbocycles. The largest absolute Gasteiger partial charge is 0.444 e. The van der Waals surface area contributed by atoms with Crippen molar-refractivity contribution in [1.29, 1.82) is 0 Å². The number of carbonyl (C=O) groups excluding carboxylic acids is 1. The fourth-order valence-corrected chi connectivity index (χ4v) is 4.99. The molecule has 1 unspecified atom stereocenters. The number of amides is 1. The maximum atomic E-state index is 12.5. The molecule has 0 bridgehead atoms. The number of ether oxygens (including phenoxy) is 1. The fourth-order valence-electron chi connectivity index (χ4n) is 4.80. The summed E-state index contributed by atoms with van der Waals surface area (Å²) in [6.07, 6.45) is 13.0. The lowest BCUT2D eigenvalue weighted by Gasteiger charge is -2.42. The van der Waals surface area contributed by atoms with Gasteiger partial charge in [0.05, 0.1) is 6.54 Å². The van der Waals surface area contributed by atoms with Gasteiger partial charge in [-0.2, -0.15) is 0 Å². The van der Waals surface area contributed by atoms with E-state index in [1.54, 1.807) is 0 Å². The zero-order valence-corrected chi connectivity index (χ0v) is 16.3. The van der Waals surface area contributed by atoms with Gasteiger partial charge in [-0.25, -0.2) is 4.79 Å². The Labute approximate surface area is 166 Å². The summed E-state index contributed by atoms with van der Waals surface area (Å²) in [6, 6.07) is 8.30. The highest BCUT2D eigenvalue weighted by Gasteiger charge is 2.43. The van der Waals surface area contributed by atoms with Crippen LogP contribution in [0.2, 0.25) is 5.02 Å². The molecule has 1 aromatic carbocycles. The van der Waals surface area contributed by atoms with Gasteiger partial charge in [0.15, 0.2) is 0 Å². The monoisotopic (exact) mass is 386 g/mol. The number of halogens is 1. The Balaban J connectivity index is 1.42. The zero-order chi connectivity index (χ0) is 18.9. The average molecular weight is 387 g/mol. The molecule has 27 heavy (non-hydrogen) atoms. The summed E-state index contributed by atoms with van der Waals surface area (Å²) in [5.41, 5.74) is 7.38. The summed E-state index contributed by atoms with van der Waals surface area (Å²) >= 11 is 6.20. The van der Waals surface area contributed by atoms with Gasteiger partial charge < -0.3 is 15.4 Å². The lowest BCUT2D eigenvalue weighted by Crippen LogP contribution is -2.46. The molecule has 2 atom stereocenters. The molecule has 4 rings (SSSR count). The molecule has 0 radical (unpaired) electrons. The number of nitrogens with zero attached hydrogens (tertiary/aromatic N) is 1. The number of cyclic esters (lactones) is 1. The van der Waals surface area contributed by atoms with Crippen LogP contribution in [0.1, 0.15) is 37.7 Å². The van der Waals surface area contributed by atoms with E-state index >= 15 is 0 Å². The molecule has 144 valence electrons. The summed E-state index contributed by atoms with van der Waals surface area (Å²) in [5, 5.41) is 0.753. The molecular formula is C22H27ClN2O2. The third-order valence-corrected chi connectivity index (χ3v) is 6.77. The van der Waals surface area contributed by atoms with Crippen molar-refractivity contribution in [3.63, 3.8) is 0 Å². The molecule has 0 aromatic heterocycles. The summed E-state index contributed by atoms with van der Waals surface area (Å²) in [7, 11) is 0. The number of nitrogens with two attached hydrogens (primary N) is 1. The number of hydrogen-bond acceptors (Lipinski definition) is 3. The highest BCUT2D eigenvalue weighted by atomic mass is 35.5. The van der Waals surface area contributed by atoms with Gasteiger partial charge in [0.25, 0.3) is 0 Å². The molecule has 1 aromatic rings. The normalized spacial score (nSPS) is 33.3. The number of hydrogen-bond donors (Lipinski definition) is 1. The van der Waals surface area contributed by atoms with Crippen LogP contribution in [0.4, 0.5) is 4.79 Å². The standard InChI is InChI=1S/C22H27ClN2O2/c23-18-8-4-7-17(13-18)22(15-24)11-9-19(10-12-22)25-14-20(27-21(25)26)16-5-2-1-3-6-16/h1-5,7-8,13,16,19-20H,6,9-12,14-15,24H2/t16?,19-,20-,22-/m0/s1. The van der Waals surface area contributed by atoms with E-state index in [1.807, 2.05) is 29.2 Å². The van der Waals surface area contributed by atoms with E-state index < -0.39 is 0 Å². The first-order valence-corrected chi connectivity index (χ1v) is 10.3. The van der Waals surface area contributed by atoms with Crippen LogP contribution in [0.15, 0.2) is 48.6 Å². The number of carbonyl (C=O) groups is 1. The number of allylic oxidation sites excluding steroid dienone is 3. The molecule has 5 heteroatoms. The molecule has 0 spiro atoms. The minimum atomic E-state index is -0.157. The number of benzene rings is 1. The van der Waals surface area contributed by atoms with E-state index in [-0.39, 0.29) is 23.7 Å². The molecule has 2 fully saturated rings. The van der Waals surface area contributed by atoms with Gasteiger partial charge in [-0.1, -0.05) is 48.0 Å². The minimum Gasteiger partial charge on any atom is -0.444 e. The van der Waals surface area contributed by atoms with E-state index in [1.165, 1.54) is 5.56 Å². The van der Waals surface area contributed by atoms with Crippen molar-refractivity contribution >= 4 is 17.7 Å². The zero-order valence-electron chi connectivity index (χ0n) is 15.5. The van der Waals surface area contributed by atoms with Gasteiger partial charge in [0.1, 0.15) is 6.10 Å². The van der Waals surface area contributed by atoms with Crippen molar-refractivity contribution < 1.29 is 9.53 Å². The van der Waals surface area contributed by atoms with Gasteiger partial charge in [-0.3, -0.25) is 0 Å². The van der Waals surface area contributed by atoms with E-state index in [0.29, 0.717) is 19.0 Å². The SMILES string of the molecule is NC[C@]1(c2cccc(Cl)c2)CC[C@H](N2C[C@@H](C3C=CC=CC3)OC2=O)CC1. The van der Waals surface area contributed by atoms with Crippen LogP contribution in [-0.4, -0.2) is 36.2 Å². The minimum absolute atomic E-state index is 0.0344. The summed E-state index contributed by atoms with van der Waals surface area (Å²) in [5.74, 6) is 0.294. The van der Waals surface area contributed by atoms with Crippen molar-refractivity contribution in [3.8, 4) is 0 Å². The van der Waals surface area contributed by atoms with Gasteiger partial charge in [0, 0.05) is 28.9 Å². The van der Waals surface area contributed by atoms with Crippen molar-refractivity contribution in [2.45, 2.75) is 49.7 Å². The Hall–Kier alpha value is -1.78. The van der Waals surface area contributed by atoms with Gasteiger partial charge >= 0.3 is 6.09 Å². The predicted octanol–water partition coefficient (Wildman–Crippen LogP) is 4.43. The quantitative estimate of drug-likeness (QED) is 0.832. The summed E-state index contributed by atoms with van der Waals surface area (Å²) in [4.78, 5) is 14.4. The summed E-state index contributed by atoms with van der Waals surface area (Å²) < 4.78 is 5.71. The van der Waals surface area contributed by atoms with Crippen LogP contribution in [0.3, 0.4) is 0 Å². The van der Waals surface area contributed by atoms with Crippen LogP contribution in [0.25, 0.3) is 0 Å². The maximum Gasteiger partial charge on any atom is 0.410 e. The van der Waals surface area contributed by atoms with Crippen LogP contribution < -0.4 is 5.73 Å². The smallest absolute Gasteiger partial charge is 0.410 e. The Kier molecular flexibility index (Phi) is 5.29. The second kappa shape index (κ2) is 7.69. The Morgan fingerprint density at radius 1 is 1.26 bits per heavy atom. The van der Waals surface area contributed by atoms with E-state index in [9.17, 15) is 4.79 Å². The third kappa shape index (κ3) is 3.65. The topological polar surface area (TPSA) is 55.6 Å². The highest BCUT2D eigenvalue weighted by Crippen LogP contribution is 2.42. The molecule has 1 heterocycles. The first-order valence-electron chi connectivity index (χ1n) is 9.88. The first-order chi connectivity index (χ1) is 13.1. The second-order valence-corrected chi connectivity index (χ2v) is 8.45. The van der Waals surface area contributed by atoms with Crippen molar-refractivity contribution in [3.05, 3.63) is 59.2 Å². The first kappa shape index (κ1) is 18.6. The van der Waals surface area contributed by atoms with Gasteiger partial charge in [0.2, 0.25) is 0 Å². The molecule has 1 amide bonds. The molecule has 1 aliphatic heterocycles. The van der Waals surface area contributed by atoms with E-state index in [2.05, 4.69) is 24.3 Å².